The summed E-state index contributed by atoms with van der Waals surface area (Å²) in [7, 11) is 0. The Bertz CT molecular complexity index is 893. The zero-order chi connectivity index (χ0) is 18.5. The number of rotatable bonds is 6. The summed E-state index contributed by atoms with van der Waals surface area (Å²) in [5, 5.41) is 7.31. The van der Waals surface area contributed by atoms with Gasteiger partial charge >= 0.3 is 0 Å². The van der Waals surface area contributed by atoms with E-state index >= 15 is 0 Å². The molecule has 7 heteroatoms. The number of hydrogen-bond acceptors (Lipinski definition) is 5. The molecule has 0 radical (unpaired) electrons. The molecule has 134 valence electrons. The van der Waals surface area contributed by atoms with Gasteiger partial charge in [0.05, 0.1) is 11.6 Å². The fourth-order valence-corrected chi connectivity index (χ4v) is 2.59. The summed E-state index contributed by atoms with van der Waals surface area (Å²) in [5.74, 6) is 1.17. The number of hydrogen-bond donors (Lipinski definition) is 1. The van der Waals surface area contributed by atoms with Crippen LogP contribution in [-0.4, -0.2) is 22.7 Å². The van der Waals surface area contributed by atoms with Gasteiger partial charge in [0, 0.05) is 11.1 Å². The maximum Gasteiger partial charge on any atom is 0.251 e. The van der Waals surface area contributed by atoms with Gasteiger partial charge in [-0.25, -0.2) is 0 Å². The summed E-state index contributed by atoms with van der Waals surface area (Å²) in [4.78, 5) is 16.7. The van der Waals surface area contributed by atoms with Crippen LogP contribution >= 0.6 is 11.6 Å². The molecule has 1 aromatic heterocycles. The van der Waals surface area contributed by atoms with Crippen LogP contribution in [-0.2, 0) is 0 Å². The van der Waals surface area contributed by atoms with Gasteiger partial charge in [-0.2, -0.15) is 4.98 Å². The zero-order valence-corrected chi connectivity index (χ0v) is 15.2. The standard InChI is InChI=1S/C19H18ClN3O3/c1-3-25-14-10-8-13(9-11-14)18(24)21-12(2)19-22-17(23-26-19)15-6-4-5-7-16(15)20/h4-12H,3H2,1-2H3,(H,21,24). The van der Waals surface area contributed by atoms with Crippen LogP contribution in [0.5, 0.6) is 5.75 Å². The van der Waals surface area contributed by atoms with E-state index in [2.05, 4.69) is 15.5 Å². The van der Waals surface area contributed by atoms with Gasteiger partial charge in [-0.05, 0) is 50.2 Å². The number of carbonyl (C=O) groups excluding carboxylic acids is 1. The second kappa shape index (κ2) is 8.01. The maximum atomic E-state index is 12.4. The lowest BCUT2D eigenvalue weighted by Crippen LogP contribution is -2.26. The Balaban J connectivity index is 1.69. The van der Waals surface area contributed by atoms with Crippen LogP contribution in [0.25, 0.3) is 11.4 Å². The van der Waals surface area contributed by atoms with Crippen molar-refractivity contribution in [2.45, 2.75) is 19.9 Å². The topological polar surface area (TPSA) is 77.2 Å². The number of nitrogens with zero attached hydrogens (tertiary/aromatic N) is 2. The molecule has 0 aliphatic rings. The quantitative estimate of drug-likeness (QED) is 0.699. The van der Waals surface area contributed by atoms with Gasteiger partial charge in [-0.15, -0.1) is 0 Å². The van der Waals surface area contributed by atoms with Gasteiger partial charge < -0.3 is 14.6 Å². The zero-order valence-electron chi connectivity index (χ0n) is 14.4. The van der Waals surface area contributed by atoms with E-state index in [0.29, 0.717) is 34.5 Å². The Hall–Kier alpha value is -2.86. The molecule has 3 rings (SSSR count). The van der Waals surface area contributed by atoms with Crippen molar-refractivity contribution in [1.82, 2.24) is 15.5 Å². The van der Waals surface area contributed by atoms with Crippen LogP contribution in [0.4, 0.5) is 0 Å². The van der Waals surface area contributed by atoms with Crippen LogP contribution < -0.4 is 10.1 Å². The van der Waals surface area contributed by atoms with Crippen LogP contribution in [0.1, 0.15) is 36.1 Å². The van der Waals surface area contributed by atoms with Crippen molar-refractivity contribution in [3.8, 4) is 17.1 Å². The molecule has 0 bridgehead atoms. The van der Waals surface area contributed by atoms with E-state index in [9.17, 15) is 4.79 Å². The summed E-state index contributed by atoms with van der Waals surface area (Å²) in [5.41, 5.74) is 1.19. The van der Waals surface area contributed by atoms with Crippen LogP contribution in [0.15, 0.2) is 53.1 Å². The Labute approximate surface area is 156 Å². The Morgan fingerprint density at radius 1 is 1.23 bits per heavy atom. The SMILES string of the molecule is CCOc1ccc(C(=O)NC(C)c2nc(-c3ccccc3Cl)no2)cc1. The molecule has 1 heterocycles. The molecule has 0 aliphatic heterocycles. The first-order valence-electron chi connectivity index (χ1n) is 8.20. The van der Waals surface area contributed by atoms with Gasteiger partial charge in [-0.1, -0.05) is 28.9 Å². The molecule has 1 unspecified atom stereocenters. The lowest BCUT2D eigenvalue weighted by Gasteiger charge is -2.10. The van der Waals surface area contributed by atoms with E-state index in [1.54, 1.807) is 43.3 Å². The van der Waals surface area contributed by atoms with Crippen LogP contribution in [0, 0.1) is 0 Å². The molecule has 6 nitrogen and oxygen atoms in total. The third-order valence-corrected chi connectivity index (χ3v) is 4.03. The molecule has 3 aromatic rings. The molecule has 1 amide bonds. The van der Waals surface area contributed by atoms with Crippen molar-refractivity contribution < 1.29 is 14.1 Å². The molecular formula is C19H18ClN3O3. The minimum absolute atomic E-state index is 0.238. The smallest absolute Gasteiger partial charge is 0.251 e. The fourth-order valence-electron chi connectivity index (χ4n) is 2.37. The molecule has 0 spiro atoms. The molecule has 0 saturated heterocycles. The van der Waals surface area contributed by atoms with E-state index in [1.807, 2.05) is 19.1 Å². The number of nitrogens with one attached hydrogen (secondary N) is 1. The Morgan fingerprint density at radius 3 is 2.65 bits per heavy atom. The maximum absolute atomic E-state index is 12.4. The number of halogens is 1. The third kappa shape index (κ3) is 4.03. The lowest BCUT2D eigenvalue weighted by molar-refractivity contribution is 0.0932. The molecular weight excluding hydrogens is 354 g/mol. The number of amides is 1. The van der Waals surface area contributed by atoms with Crippen molar-refractivity contribution in [3.05, 3.63) is 65.0 Å². The lowest BCUT2D eigenvalue weighted by atomic mass is 10.2. The fraction of sp³-hybridized carbons (Fsp3) is 0.211. The molecule has 1 atom stereocenters. The number of benzene rings is 2. The van der Waals surface area contributed by atoms with E-state index < -0.39 is 6.04 Å². The average molecular weight is 372 g/mol. The first kappa shape index (κ1) is 17.9. The third-order valence-electron chi connectivity index (χ3n) is 3.70. The normalized spacial score (nSPS) is 11.8. The Morgan fingerprint density at radius 2 is 1.96 bits per heavy atom. The predicted molar refractivity (Wildman–Crippen MR) is 98.2 cm³/mol. The minimum Gasteiger partial charge on any atom is -0.494 e. The molecule has 0 aliphatic carbocycles. The van der Waals surface area contributed by atoms with E-state index in [4.69, 9.17) is 20.9 Å². The second-order valence-corrected chi connectivity index (χ2v) is 6.00. The predicted octanol–water partition coefficient (Wildman–Crippen LogP) is 4.28. The molecule has 26 heavy (non-hydrogen) atoms. The summed E-state index contributed by atoms with van der Waals surface area (Å²) >= 11 is 6.15. The summed E-state index contributed by atoms with van der Waals surface area (Å²) < 4.78 is 10.6. The molecule has 1 N–H and O–H groups in total. The van der Waals surface area contributed by atoms with Gasteiger partial charge in [0.2, 0.25) is 11.7 Å². The van der Waals surface area contributed by atoms with Gasteiger partial charge in [0.15, 0.2) is 0 Å². The van der Waals surface area contributed by atoms with Crippen molar-refractivity contribution in [3.63, 3.8) is 0 Å². The van der Waals surface area contributed by atoms with Gasteiger partial charge in [0.25, 0.3) is 5.91 Å². The Kier molecular flexibility index (Phi) is 5.53. The van der Waals surface area contributed by atoms with Gasteiger partial charge in [-0.3, -0.25) is 4.79 Å². The number of carbonyl (C=O) groups is 1. The monoisotopic (exact) mass is 371 g/mol. The van der Waals surface area contributed by atoms with Crippen molar-refractivity contribution >= 4 is 17.5 Å². The molecule has 2 aromatic carbocycles. The minimum atomic E-state index is -0.446. The van der Waals surface area contributed by atoms with Crippen molar-refractivity contribution in [1.29, 1.82) is 0 Å². The van der Waals surface area contributed by atoms with E-state index in [0.717, 1.165) is 5.75 Å². The first-order valence-corrected chi connectivity index (χ1v) is 8.58. The highest BCUT2D eigenvalue weighted by atomic mass is 35.5. The highest BCUT2D eigenvalue weighted by Crippen LogP contribution is 2.26. The summed E-state index contributed by atoms with van der Waals surface area (Å²) in [6.07, 6.45) is 0. The average Bonchev–Trinajstić information content (AvgIpc) is 3.13. The summed E-state index contributed by atoms with van der Waals surface area (Å²) in [6.45, 7) is 4.26. The first-order chi connectivity index (χ1) is 12.6. The van der Waals surface area contributed by atoms with Gasteiger partial charge in [0.1, 0.15) is 11.8 Å². The van der Waals surface area contributed by atoms with E-state index in [1.165, 1.54) is 0 Å². The largest absolute Gasteiger partial charge is 0.494 e. The highest BCUT2D eigenvalue weighted by molar-refractivity contribution is 6.33. The highest BCUT2D eigenvalue weighted by Gasteiger charge is 2.19. The van der Waals surface area contributed by atoms with Crippen LogP contribution in [0.2, 0.25) is 5.02 Å². The molecule has 0 fully saturated rings. The number of aromatic nitrogens is 2. The summed E-state index contributed by atoms with van der Waals surface area (Å²) in [6, 6.07) is 13.7. The van der Waals surface area contributed by atoms with E-state index in [-0.39, 0.29) is 5.91 Å². The number of ether oxygens (including phenoxy) is 1. The molecule has 0 saturated carbocycles. The van der Waals surface area contributed by atoms with Crippen molar-refractivity contribution in [2.24, 2.45) is 0 Å². The second-order valence-electron chi connectivity index (χ2n) is 5.59. The van der Waals surface area contributed by atoms with Crippen LogP contribution in [0.3, 0.4) is 0 Å². The van der Waals surface area contributed by atoms with Crippen molar-refractivity contribution in [2.75, 3.05) is 6.61 Å².